The zero-order chi connectivity index (χ0) is 21.6. The molecule has 3 aromatic rings. The van der Waals surface area contributed by atoms with Crippen molar-refractivity contribution in [3.05, 3.63) is 75.7 Å². The molecule has 8 heteroatoms. The molecule has 2 aromatic carbocycles. The molecule has 0 saturated carbocycles. The fourth-order valence-corrected chi connectivity index (χ4v) is 4.43. The van der Waals surface area contributed by atoms with E-state index in [4.69, 9.17) is 0 Å². The lowest BCUT2D eigenvalue weighted by Gasteiger charge is -2.31. The number of rotatable bonds is 5. The summed E-state index contributed by atoms with van der Waals surface area (Å²) in [5.74, 6) is -0.0280. The van der Waals surface area contributed by atoms with Crippen molar-refractivity contribution >= 4 is 29.0 Å². The highest BCUT2D eigenvalue weighted by atomic mass is 32.1. The van der Waals surface area contributed by atoms with E-state index in [2.05, 4.69) is 20.8 Å². The first-order valence-electron chi connectivity index (χ1n) is 10.4. The van der Waals surface area contributed by atoms with E-state index in [1.165, 1.54) is 16.9 Å². The Bertz CT molecular complexity index is 1030. The number of benzene rings is 2. The smallest absolute Gasteiger partial charge is 0.317 e. The maximum Gasteiger partial charge on any atom is 0.317 e. The van der Waals surface area contributed by atoms with Crippen LogP contribution in [0.25, 0.3) is 0 Å². The van der Waals surface area contributed by atoms with Crippen LogP contribution in [0.1, 0.15) is 44.7 Å². The summed E-state index contributed by atoms with van der Waals surface area (Å²) in [5.41, 5.74) is 3.02. The van der Waals surface area contributed by atoms with Crippen LogP contribution in [-0.2, 0) is 6.54 Å². The number of carbonyl (C=O) groups excluding carboxylic acids is 2. The number of anilines is 1. The third-order valence-electron chi connectivity index (χ3n) is 5.36. The molecule has 2 heterocycles. The Kier molecular flexibility index (Phi) is 6.57. The molecule has 0 bridgehead atoms. The van der Waals surface area contributed by atoms with Crippen molar-refractivity contribution in [1.82, 2.24) is 20.4 Å². The van der Waals surface area contributed by atoms with Gasteiger partial charge in [0.25, 0.3) is 5.91 Å². The van der Waals surface area contributed by atoms with Crippen LogP contribution in [-0.4, -0.2) is 40.1 Å². The van der Waals surface area contributed by atoms with Gasteiger partial charge in [0.1, 0.15) is 5.01 Å². The Morgan fingerprint density at radius 2 is 1.74 bits per heavy atom. The van der Waals surface area contributed by atoms with E-state index < -0.39 is 0 Å². The number of hydrogen-bond acceptors (Lipinski definition) is 5. The molecular weight excluding hydrogens is 410 g/mol. The van der Waals surface area contributed by atoms with Crippen molar-refractivity contribution in [3.63, 3.8) is 0 Å². The Hall–Kier alpha value is -3.26. The Morgan fingerprint density at radius 3 is 2.45 bits per heavy atom. The molecule has 160 valence electrons. The number of nitrogens with one attached hydrogen (secondary N) is 2. The molecule has 1 saturated heterocycles. The van der Waals surface area contributed by atoms with Crippen LogP contribution in [0.2, 0.25) is 0 Å². The molecule has 1 aliphatic rings. The molecule has 0 aliphatic carbocycles. The van der Waals surface area contributed by atoms with Crippen LogP contribution < -0.4 is 10.6 Å². The van der Waals surface area contributed by atoms with Gasteiger partial charge in [-0.1, -0.05) is 59.4 Å². The summed E-state index contributed by atoms with van der Waals surface area (Å²) in [6, 6.07) is 17.4. The second-order valence-electron chi connectivity index (χ2n) is 7.67. The fraction of sp³-hybridized carbons (Fsp3) is 0.304. The van der Waals surface area contributed by atoms with Crippen LogP contribution in [0.5, 0.6) is 0 Å². The first-order valence-corrected chi connectivity index (χ1v) is 11.2. The quantitative estimate of drug-likeness (QED) is 0.629. The minimum Gasteiger partial charge on any atom is -0.334 e. The van der Waals surface area contributed by atoms with Gasteiger partial charge in [-0.3, -0.25) is 4.79 Å². The molecule has 0 atom stereocenters. The lowest BCUT2D eigenvalue weighted by molar-refractivity contribution is 0.102. The van der Waals surface area contributed by atoms with Crippen molar-refractivity contribution in [2.24, 2.45) is 0 Å². The van der Waals surface area contributed by atoms with Crippen LogP contribution in [0.15, 0.2) is 54.6 Å². The SMILES string of the molecule is Cc1ccc(CNC(=O)N2CCC(c3nnc(C(=O)Nc4ccccc4)s3)CC2)cc1. The number of likely N-dealkylation sites (tertiary alicyclic amines) is 1. The molecule has 1 aliphatic heterocycles. The summed E-state index contributed by atoms with van der Waals surface area (Å²) < 4.78 is 0. The minimum atomic E-state index is -0.247. The van der Waals surface area contributed by atoms with Crippen molar-refractivity contribution in [1.29, 1.82) is 0 Å². The van der Waals surface area contributed by atoms with E-state index in [-0.39, 0.29) is 17.9 Å². The predicted molar refractivity (Wildman–Crippen MR) is 121 cm³/mol. The summed E-state index contributed by atoms with van der Waals surface area (Å²) in [5, 5.41) is 15.4. The van der Waals surface area contributed by atoms with Crippen molar-refractivity contribution in [2.75, 3.05) is 18.4 Å². The molecule has 7 nitrogen and oxygen atoms in total. The van der Waals surface area contributed by atoms with Crippen LogP contribution in [0.3, 0.4) is 0 Å². The van der Waals surface area contributed by atoms with Gasteiger partial charge in [-0.25, -0.2) is 4.79 Å². The second-order valence-corrected chi connectivity index (χ2v) is 8.68. The average Bonchev–Trinajstić information content (AvgIpc) is 3.30. The third kappa shape index (κ3) is 5.46. The Labute approximate surface area is 185 Å². The van der Waals surface area contributed by atoms with Gasteiger partial charge in [0.2, 0.25) is 5.01 Å². The minimum absolute atomic E-state index is 0.0424. The van der Waals surface area contributed by atoms with Gasteiger partial charge in [-0.05, 0) is 37.5 Å². The molecule has 1 fully saturated rings. The van der Waals surface area contributed by atoms with Crippen molar-refractivity contribution < 1.29 is 9.59 Å². The average molecular weight is 436 g/mol. The van der Waals surface area contributed by atoms with E-state index >= 15 is 0 Å². The molecular formula is C23H25N5O2S. The van der Waals surface area contributed by atoms with Gasteiger partial charge >= 0.3 is 6.03 Å². The highest BCUT2D eigenvalue weighted by Gasteiger charge is 2.27. The lowest BCUT2D eigenvalue weighted by atomic mass is 9.98. The summed E-state index contributed by atoms with van der Waals surface area (Å²) in [6.45, 7) is 3.89. The van der Waals surface area contributed by atoms with Crippen LogP contribution in [0.4, 0.5) is 10.5 Å². The number of hydrogen-bond donors (Lipinski definition) is 2. The molecule has 31 heavy (non-hydrogen) atoms. The summed E-state index contributed by atoms with van der Waals surface area (Å²) in [4.78, 5) is 26.7. The van der Waals surface area contributed by atoms with Gasteiger partial charge in [-0.2, -0.15) is 0 Å². The predicted octanol–water partition coefficient (Wildman–Crippen LogP) is 4.19. The molecule has 4 rings (SSSR count). The Morgan fingerprint density at radius 1 is 1.03 bits per heavy atom. The van der Waals surface area contributed by atoms with Crippen molar-refractivity contribution in [2.45, 2.75) is 32.2 Å². The van der Waals surface area contributed by atoms with Crippen LogP contribution >= 0.6 is 11.3 Å². The second kappa shape index (κ2) is 9.70. The van der Waals surface area contributed by atoms with E-state index in [1.54, 1.807) is 0 Å². The van der Waals surface area contributed by atoms with Gasteiger partial charge < -0.3 is 15.5 Å². The number of carbonyl (C=O) groups is 2. The zero-order valence-corrected chi connectivity index (χ0v) is 18.2. The number of piperidine rings is 1. The standard InChI is InChI=1S/C23H25N5O2S/c1-16-7-9-17(10-8-16)15-24-23(30)28-13-11-18(12-14-28)21-26-27-22(31-21)20(29)25-19-5-3-2-4-6-19/h2-10,18H,11-15H2,1H3,(H,24,30)(H,25,29). The number of para-hydroxylation sites is 1. The van der Waals surface area contributed by atoms with E-state index in [9.17, 15) is 9.59 Å². The topological polar surface area (TPSA) is 87.2 Å². The number of aryl methyl sites for hydroxylation is 1. The van der Waals surface area contributed by atoms with Gasteiger partial charge in [0, 0.05) is 31.2 Å². The van der Waals surface area contributed by atoms with Crippen LogP contribution in [0, 0.1) is 6.92 Å². The molecule has 0 spiro atoms. The monoisotopic (exact) mass is 435 g/mol. The first kappa shape index (κ1) is 21.0. The molecule has 0 unspecified atom stereocenters. The lowest BCUT2D eigenvalue weighted by Crippen LogP contribution is -2.43. The molecule has 3 amide bonds. The highest BCUT2D eigenvalue weighted by Crippen LogP contribution is 2.30. The van der Waals surface area contributed by atoms with Gasteiger partial charge in [-0.15, -0.1) is 10.2 Å². The summed E-state index contributed by atoms with van der Waals surface area (Å²) >= 11 is 1.33. The van der Waals surface area contributed by atoms with E-state index in [1.807, 2.05) is 66.4 Å². The third-order valence-corrected chi connectivity index (χ3v) is 6.45. The molecule has 0 radical (unpaired) electrons. The first-order chi connectivity index (χ1) is 15.1. The number of aromatic nitrogens is 2. The summed E-state index contributed by atoms with van der Waals surface area (Å²) in [6.07, 6.45) is 1.62. The number of urea groups is 1. The van der Waals surface area contributed by atoms with Gasteiger partial charge in [0.15, 0.2) is 0 Å². The maximum atomic E-state index is 12.5. The largest absolute Gasteiger partial charge is 0.334 e. The highest BCUT2D eigenvalue weighted by molar-refractivity contribution is 7.13. The zero-order valence-electron chi connectivity index (χ0n) is 17.4. The van der Waals surface area contributed by atoms with E-state index in [0.717, 1.165) is 29.1 Å². The summed E-state index contributed by atoms with van der Waals surface area (Å²) in [7, 11) is 0. The fourth-order valence-electron chi connectivity index (χ4n) is 3.52. The molecule has 1 aromatic heterocycles. The molecule has 2 N–H and O–H groups in total. The number of nitrogens with zero attached hydrogens (tertiary/aromatic N) is 3. The van der Waals surface area contributed by atoms with E-state index in [0.29, 0.717) is 24.6 Å². The maximum absolute atomic E-state index is 12.5. The normalized spacial score (nSPS) is 14.3. The van der Waals surface area contributed by atoms with Gasteiger partial charge in [0.05, 0.1) is 0 Å². The number of amides is 3. The van der Waals surface area contributed by atoms with Crippen molar-refractivity contribution in [3.8, 4) is 0 Å². The Balaban J connectivity index is 1.26.